The van der Waals surface area contributed by atoms with Crippen LogP contribution >= 0.6 is 0 Å². The molecule has 1 aliphatic rings. The first-order valence-corrected chi connectivity index (χ1v) is 8.78. The molecule has 0 aromatic carbocycles. The zero-order chi connectivity index (χ0) is 15.0. The summed E-state index contributed by atoms with van der Waals surface area (Å²) >= 11 is 0. The van der Waals surface area contributed by atoms with E-state index in [1.54, 1.807) is 7.11 Å². The van der Waals surface area contributed by atoms with Crippen molar-refractivity contribution in [3.63, 3.8) is 0 Å². The van der Waals surface area contributed by atoms with Gasteiger partial charge < -0.3 is 15.4 Å². The maximum absolute atomic E-state index is 11.4. The minimum atomic E-state index is -3.06. The number of nitrogens with one attached hydrogen (secondary N) is 2. The average molecular weight is 306 g/mol. The molecule has 20 heavy (non-hydrogen) atoms. The monoisotopic (exact) mass is 306 g/mol. The lowest BCUT2D eigenvalue weighted by molar-refractivity contribution is 0.203. The first-order valence-electron chi connectivity index (χ1n) is 6.93. The molecule has 0 amide bonds. The summed E-state index contributed by atoms with van der Waals surface area (Å²) in [6, 6.07) is 0. The van der Waals surface area contributed by atoms with Crippen molar-refractivity contribution in [2.75, 3.05) is 52.7 Å². The molecule has 0 bridgehead atoms. The summed E-state index contributed by atoms with van der Waals surface area (Å²) in [7, 11) is -1.41. The molecule has 118 valence electrons. The first-order chi connectivity index (χ1) is 9.47. The van der Waals surface area contributed by atoms with Crippen molar-refractivity contribution in [1.82, 2.24) is 14.9 Å². The third-order valence-electron chi connectivity index (χ3n) is 3.17. The van der Waals surface area contributed by atoms with Crippen molar-refractivity contribution in [3.8, 4) is 0 Å². The van der Waals surface area contributed by atoms with Crippen molar-refractivity contribution in [3.05, 3.63) is 0 Å². The second-order valence-corrected chi connectivity index (χ2v) is 6.90. The first kappa shape index (κ1) is 17.2. The molecule has 1 rings (SSSR count). The van der Waals surface area contributed by atoms with Crippen LogP contribution in [0.15, 0.2) is 4.99 Å². The van der Waals surface area contributed by atoms with Crippen LogP contribution in [0.4, 0.5) is 0 Å². The fourth-order valence-electron chi connectivity index (χ4n) is 2.08. The molecule has 7 nitrogen and oxygen atoms in total. The molecule has 0 aromatic heterocycles. The van der Waals surface area contributed by atoms with E-state index >= 15 is 0 Å². The minimum Gasteiger partial charge on any atom is -0.383 e. The zero-order valence-corrected chi connectivity index (χ0v) is 13.4. The summed E-state index contributed by atoms with van der Waals surface area (Å²) in [5.74, 6) is 1.05. The number of hydrogen-bond donors (Lipinski definition) is 2. The highest BCUT2D eigenvalue weighted by Crippen LogP contribution is 2.18. The van der Waals surface area contributed by atoms with Gasteiger partial charge in [-0.25, -0.2) is 12.7 Å². The van der Waals surface area contributed by atoms with Crippen LogP contribution in [-0.2, 0) is 14.8 Å². The lowest BCUT2D eigenvalue weighted by atomic mass is 10.1. The van der Waals surface area contributed by atoms with Gasteiger partial charge in [0.15, 0.2) is 5.96 Å². The molecule has 0 aliphatic carbocycles. The fourth-order valence-corrected chi connectivity index (χ4v) is 3.00. The van der Waals surface area contributed by atoms with Crippen LogP contribution in [0, 0.1) is 5.92 Å². The van der Waals surface area contributed by atoms with Crippen LogP contribution in [0.3, 0.4) is 0 Å². The predicted octanol–water partition coefficient (Wildman–Crippen LogP) is -0.531. The van der Waals surface area contributed by atoms with Gasteiger partial charge in [-0.2, -0.15) is 0 Å². The van der Waals surface area contributed by atoms with Crippen molar-refractivity contribution in [1.29, 1.82) is 0 Å². The van der Waals surface area contributed by atoms with E-state index in [0.29, 0.717) is 38.7 Å². The number of ether oxygens (including phenoxy) is 1. The third-order valence-corrected chi connectivity index (χ3v) is 4.44. The third kappa shape index (κ3) is 6.06. The molecule has 0 spiro atoms. The van der Waals surface area contributed by atoms with Crippen LogP contribution in [0.25, 0.3) is 0 Å². The van der Waals surface area contributed by atoms with E-state index in [0.717, 1.165) is 18.9 Å². The number of rotatable bonds is 7. The highest BCUT2D eigenvalue weighted by atomic mass is 32.2. The number of nitrogens with zero attached hydrogens (tertiary/aromatic N) is 2. The Hall–Kier alpha value is -0.860. The number of sulfonamides is 1. The Morgan fingerprint density at radius 3 is 2.75 bits per heavy atom. The fraction of sp³-hybridized carbons (Fsp3) is 0.917. The number of methoxy groups -OCH3 is 1. The van der Waals surface area contributed by atoms with Crippen LogP contribution in [0.2, 0.25) is 0 Å². The van der Waals surface area contributed by atoms with Gasteiger partial charge in [-0.05, 0) is 19.3 Å². The molecule has 2 N–H and O–H groups in total. The molecule has 0 radical (unpaired) electrons. The van der Waals surface area contributed by atoms with Crippen molar-refractivity contribution in [2.45, 2.75) is 13.3 Å². The molecular weight excluding hydrogens is 280 g/mol. The van der Waals surface area contributed by atoms with Gasteiger partial charge in [0, 0.05) is 39.8 Å². The van der Waals surface area contributed by atoms with E-state index in [9.17, 15) is 8.42 Å². The quantitative estimate of drug-likeness (QED) is 0.375. The summed E-state index contributed by atoms with van der Waals surface area (Å²) in [5.41, 5.74) is 0. The number of aliphatic imine (C=N–C) groups is 1. The largest absolute Gasteiger partial charge is 0.383 e. The van der Waals surface area contributed by atoms with Crippen LogP contribution in [0.5, 0.6) is 0 Å². The molecule has 1 fully saturated rings. The lowest BCUT2D eigenvalue weighted by Crippen LogP contribution is -2.39. The Morgan fingerprint density at radius 1 is 1.45 bits per heavy atom. The molecule has 8 heteroatoms. The number of guanidine groups is 1. The van der Waals surface area contributed by atoms with E-state index in [2.05, 4.69) is 15.6 Å². The Balaban J connectivity index is 2.43. The van der Waals surface area contributed by atoms with Crippen LogP contribution in [-0.4, -0.2) is 71.4 Å². The average Bonchev–Trinajstić information content (AvgIpc) is 2.85. The van der Waals surface area contributed by atoms with E-state index in [1.807, 2.05) is 6.92 Å². The highest BCUT2D eigenvalue weighted by Gasteiger charge is 2.28. The lowest BCUT2D eigenvalue weighted by Gasteiger charge is -2.14. The smallest absolute Gasteiger partial charge is 0.211 e. The SMILES string of the molecule is CCNC(=NCC1CCN(S(C)(=O)=O)C1)NCCOC. The molecule has 1 heterocycles. The summed E-state index contributed by atoms with van der Waals surface area (Å²) < 4.78 is 29.4. The normalized spacial score (nSPS) is 21.1. The van der Waals surface area contributed by atoms with Gasteiger partial charge >= 0.3 is 0 Å². The Morgan fingerprint density at radius 2 is 2.20 bits per heavy atom. The summed E-state index contributed by atoms with van der Waals surface area (Å²) in [6.45, 7) is 5.92. The van der Waals surface area contributed by atoms with Crippen molar-refractivity contribution < 1.29 is 13.2 Å². The predicted molar refractivity (Wildman–Crippen MR) is 80.4 cm³/mol. The molecule has 1 saturated heterocycles. The van der Waals surface area contributed by atoms with Gasteiger partial charge in [-0.1, -0.05) is 0 Å². The highest BCUT2D eigenvalue weighted by molar-refractivity contribution is 7.88. The van der Waals surface area contributed by atoms with E-state index in [-0.39, 0.29) is 0 Å². The molecule has 1 unspecified atom stereocenters. The second-order valence-electron chi connectivity index (χ2n) is 4.91. The topological polar surface area (TPSA) is 83.0 Å². The van der Waals surface area contributed by atoms with Gasteiger partial charge in [0.25, 0.3) is 0 Å². The Bertz CT molecular complexity index is 411. The molecule has 1 aliphatic heterocycles. The standard InChI is InChI=1S/C12H26N4O3S/c1-4-13-12(14-6-8-19-2)15-9-11-5-7-16(10-11)20(3,17)18/h11H,4-10H2,1-3H3,(H2,13,14,15). The minimum absolute atomic E-state index is 0.294. The second kappa shape index (κ2) is 8.43. The van der Waals surface area contributed by atoms with E-state index in [1.165, 1.54) is 10.6 Å². The molecule has 0 aromatic rings. The maximum atomic E-state index is 11.4. The summed E-state index contributed by atoms with van der Waals surface area (Å²) in [5, 5.41) is 6.33. The summed E-state index contributed by atoms with van der Waals surface area (Å²) in [6.07, 6.45) is 2.13. The Kier molecular flexibility index (Phi) is 7.25. The van der Waals surface area contributed by atoms with Gasteiger partial charge in [-0.3, -0.25) is 4.99 Å². The van der Waals surface area contributed by atoms with Crippen molar-refractivity contribution >= 4 is 16.0 Å². The van der Waals surface area contributed by atoms with E-state index < -0.39 is 10.0 Å². The zero-order valence-electron chi connectivity index (χ0n) is 12.6. The maximum Gasteiger partial charge on any atom is 0.211 e. The van der Waals surface area contributed by atoms with Gasteiger partial charge in [0.2, 0.25) is 10.0 Å². The van der Waals surface area contributed by atoms with Crippen LogP contribution in [0.1, 0.15) is 13.3 Å². The summed E-state index contributed by atoms with van der Waals surface area (Å²) in [4.78, 5) is 4.50. The van der Waals surface area contributed by atoms with E-state index in [4.69, 9.17) is 4.74 Å². The van der Waals surface area contributed by atoms with Gasteiger partial charge in [-0.15, -0.1) is 0 Å². The van der Waals surface area contributed by atoms with Gasteiger partial charge in [0.1, 0.15) is 0 Å². The van der Waals surface area contributed by atoms with Crippen LogP contribution < -0.4 is 10.6 Å². The Labute approximate surface area is 121 Å². The van der Waals surface area contributed by atoms with Crippen molar-refractivity contribution in [2.24, 2.45) is 10.9 Å². The van der Waals surface area contributed by atoms with Gasteiger partial charge in [0.05, 0.1) is 12.9 Å². The molecule has 1 atom stereocenters. The number of hydrogen-bond acceptors (Lipinski definition) is 4. The molecular formula is C12H26N4O3S. The molecule has 0 saturated carbocycles.